The van der Waals surface area contributed by atoms with Gasteiger partial charge in [0.15, 0.2) is 0 Å². The molecule has 1 aromatic heterocycles. The first-order chi connectivity index (χ1) is 10.2. The monoisotopic (exact) mass is 279 g/mol. The molecule has 1 heterocycles. The molecule has 0 spiro atoms. The molecule has 0 aliphatic carbocycles. The van der Waals surface area contributed by atoms with Gasteiger partial charge in [0.25, 0.3) is 0 Å². The molecular weight excluding hydrogens is 262 g/mol. The molecule has 1 N–H and O–H groups in total. The molecule has 0 amide bonds. The van der Waals surface area contributed by atoms with Crippen molar-refractivity contribution in [3.8, 4) is 5.75 Å². The highest BCUT2D eigenvalue weighted by atomic mass is 16.5. The van der Waals surface area contributed by atoms with Gasteiger partial charge in [-0.25, -0.2) is 0 Å². The fraction of sp³-hybridized carbons (Fsp3) is 0.167. The van der Waals surface area contributed by atoms with E-state index in [1.54, 1.807) is 13.3 Å². The highest BCUT2D eigenvalue weighted by Gasteiger charge is 2.13. The lowest BCUT2D eigenvalue weighted by Gasteiger charge is -2.14. The van der Waals surface area contributed by atoms with E-state index in [1.165, 1.54) is 0 Å². The Kier molecular flexibility index (Phi) is 3.59. The van der Waals surface area contributed by atoms with Crippen molar-refractivity contribution in [2.45, 2.75) is 13.0 Å². The van der Waals surface area contributed by atoms with Gasteiger partial charge in [-0.1, -0.05) is 30.3 Å². The summed E-state index contributed by atoms with van der Waals surface area (Å²) in [5.41, 5.74) is 3.57. The predicted molar refractivity (Wildman–Crippen MR) is 83.5 cm³/mol. The van der Waals surface area contributed by atoms with Crippen LogP contribution in [-0.2, 0) is 0 Å². The summed E-state index contributed by atoms with van der Waals surface area (Å²) in [7, 11) is 1.64. The summed E-state index contributed by atoms with van der Waals surface area (Å²) in [6.45, 7) is 1.98. The maximum absolute atomic E-state index is 10.6. The quantitative estimate of drug-likeness (QED) is 0.796. The molecule has 3 nitrogen and oxygen atoms in total. The van der Waals surface area contributed by atoms with Crippen LogP contribution in [-0.4, -0.2) is 17.2 Å². The van der Waals surface area contributed by atoms with Crippen molar-refractivity contribution in [2.24, 2.45) is 0 Å². The fourth-order valence-electron chi connectivity index (χ4n) is 2.45. The summed E-state index contributed by atoms with van der Waals surface area (Å²) in [6.07, 6.45) is 1.07. The first-order valence-corrected chi connectivity index (χ1v) is 6.86. The van der Waals surface area contributed by atoms with Gasteiger partial charge in [0.2, 0.25) is 0 Å². The number of nitrogens with zero attached hydrogens (tertiary/aromatic N) is 1. The molecule has 2 aromatic carbocycles. The third-order valence-electron chi connectivity index (χ3n) is 3.69. The number of aromatic nitrogens is 1. The van der Waals surface area contributed by atoms with Gasteiger partial charge in [-0.05, 0) is 41.8 Å². The van der Waals surface area contributed by atoms with Crippen molar-refractivity contribution in [3.05, 3.63) is 71.4 Å². The number of ether oxygens (including phenoxy) is 1. The number of hydrogen-bond donors (Lipinski definition) is 1. The lowest BCUT2D eigenvalue weighted by Crippen LogP contribution is -2.01. The zero-order chi connectivity index (χ0) is 14.8. The van der Waals surface area contributed by atoms with Gasteiger partial charge in [0.05, 0.1) is 12.6 Å². The molecule has 0 aliphatic heterocycles. The number of fused-ring (bicyclic) bond motifs is 1. The van der Waals surface area contributed by atoms with Crippen molar-refractivity contribution in [1.82, 2.24) is 4.98 Å². The SMILES string of the molecule is COc1cc(C(O)c2ccc3cccnc3c2)ccc1C. The second-order valence-electron chi connectivity index (χ2n) is 5.09. The Balaban J connectivity index is 2.01. The third-order valence-corrected chi connectivity index (χ3v) is 3.69. The summed E-state index contributed by atoms with van der Waals surface area (Å²) >= 11 is 0. The second-order valence-corrected chi connectivity index (χ2v) is 5.09. The van der Waals surface area contributed by atoms with E-state index in [0.29, 0.717) is 0 Å². The van der Waals surface area contributed by atoms with Gasteiger partial charge in [-0.3, -0.25) is 4.98 Å². The zero-order valence-electron chi connectivity index (χ0n) is 12.1. The fourth-order valence-corrected chi connectivity index (χ4v) is 2.45. The Labute approximate surface area is 123 Å². The van der Waals surface area contributed by atoms with Gasteiger partial charge in [-0.15, -0.1) is 0 Å². The Hall–Kier alpha value is -2.39. The summed E-state index contributed by atoms with van der Waals surface area (Å²) in [4.78, 5) is 4.33. The first kappa shape index (κ1) is 13.6. The number of aliphatic hydroxyl groups is 1. The minimum atomic E-state index is -0.689. The lowest BCUT2D eigenvalue weighted by atomic mass is 9.99. The highest BCUT2D eigenvalue weighted by Crippen LogP contribution is 2.28. The average molecular weight is 279 g/mol. The van der Waals surface area contributed by atoms with Crippen LogP contribution >= 0.6 is 0 Å². The molecule has 0 saturated carbocycles. The molecule has 106 valence electrons. The van der Waals surface area contributed by atoms with Crippen LogP contribution in [0.3, 0.4) is 0 Å². The maximum atomic E-state index is 10.6. The number of pyridine rings is 1. The van der Waals surface area contributed by atoms with Crippen LogP contribution in [0.5, 0.6) is 5.75 Å². The Morgan fingerprint density at radius 2 is 1.81 bits per heavy atom. The molecule has 1 atom stereocenters. The molecule has 0 bridgehead atoms. The molecular formula is C18H17NO2. The molecule has 3 rings (SSSR count). The van der Waals surface area contributed by atoms with Crippen LogP contribution < -0.4 is 4.74 Å². The standard InChI is InChI=1S/C18H17NO2/c1-12-5-6-15(11-17(12)21-2)18(20)14-8-7-13-4-3-9-19-16(13)10-14/h3-11,18,20H,1-2H3. The van der Waals surface area contributed by atoms with Crippen LogP contribution in [0.15, 0.2) is 54.7 Å². The summed E-state index contributed by atoms with van der Waals surface area (Å²) in [5, 5.41) is 11.6. The summed E-state index contributed by atoms with van der Waals surface area (Å²) < 4.78 is 5.32. The smallest absolute Gasteiger partial charge is 0.122 e. The van der Waals surface area contributed by atoms with Gasteiger partial charge >= 0.3 is 0 Å². The molecule has 0 saturated heterocycles. The third kappa shape index (κ3) is 2.60. The van der Waals surface area contributed by atoms with Crippen LogP contribution in [0, 0.1) is 6.92 Å². The number of aryl methyl sites for hydroxylation is 1. The zero-order valence-corrected chi connectivity index (χ0v) is 12.1. The van der Waals surface area contributed by atoms with Gasteiger partial charge < -0.3 is 9.84 Å². The van der Waals surface area contributed by atoms with Crippen molar-refractivity contribution < 1.29 is 9.84 Å². The van der Waals surface area contributed by atoms with Crippen LogP contribution in [0.2, 0.25) is 0 Å². The van der Waals surface area contributed by atoms with Crippen LogP contribution in [0.1, 0.15) is 22.8 Å². The number of methoxy groups -OCH3 is 1. The van der Waals surface area contributed by atoms with E-state index in [2.05, 4.69) is 4.98 Å². The van der Waals surface area contributed by atoms with E-state index < -0.39 is 6.10 Å². The number of rotatable bonds is 3. The highest BCUT2D eigenvalue weighted by molar-refractivity contribution is 5.79. The topological polar surface area (TPSA) is 42.4 Å². The van der Waals surface area contributed by atoms with E-state index in [-0.39, 0.29) is 0 Å². The Morgan fingerprint density at radius 1 is 1.05 bits per heavy atom. The van der Waals surface area contributed by atoms with E-state index in [0.717, 1.165) is 33.3 Å². The Morgan fingerprint density at radius 3 is 2.62 bits per heavy atom. The minimum absolute atomic E-state index is 0.689. The van der Waals surface area contributed by atoms with E-state index in [4.69, 9.17) is 4.74 Å². The van der Waals surface area contributed by atoms with Crippen molar-refractivity contribution in [3.63, 3.8) is 0 Å². The lowest BCUT2D eigenvalue weighted by molar-refractivity contribution is 0.220. The predicted octanol–water partition coefficient (Wildman–Crippen LogP) is 3.63. The molecule has 1 unspecified atom stereocenters. The van der Waals surface area contributed by atoms with Gasteiger partial charge in [0, 0.05) is 11.6 Å². The maximum Gasteiger partial charge on any atom is 0.122 e. The van der Waals surface area contributed by atoms with Crippen LogP contribution in [0.25, 0.3) is 10.9 Å². The van der Waals surface area contributed by atoms with Crippen molar-refractivity contribution in [2.75, 3.05) is 7.11 Å². The molecule has 0 radical (unpaired) electrons. The van der Waals surface area contributed by atoms with Gasteiger partial charge in [0.1, 0.15) is 11.9 Å². The number of hydrogen-bond acceptors (Lipinski definition) is 3. The Bertz CT molecular complexity index is 783. The van der Waals surface area contributed by atoms with E-state index >= 15 is 0 Å². The molecule has 3 aromatic rings. The molecule has 21 heavy (non-hydrogen) atoms. The summed E-state index contributed by atoms with van der Waals surface area (Å²) in [6, 6.07) is 15.5. The molecule has 0 fully saturated rings. The van der Waals surface area contributed by atoms with Gasteiger partial charge in [-0.2, -0.15) is 0 Å². The molecule has 3 heteroatoms. The average Bonchev–Trinajstić information content (AvgIpc) is 2.54. The largest absolute Gasteiger partial charge is 0.496 e. The van der Waals surface area contributed by atoms with Crippen LogP contribution in [0.4, 0.5) is 0 Å². The minimum Gasteiger partial charge on any atom is -0.496 e. The number of benzene rings is 2. The van der Waals surface area contributed by atoms with E-state index in [1.807, 2.05) is 55.5 Å². The molecule has 0 aliphatic rings. The van der Waals surface area contributed by atoms with Crippen molar-refractivity contribution >= 4 is 10.9 Å². The number of aliphatic hydroxyl groups excluding tert-OH is 1. The van der Waals surface area contributed by atoms with E-state index in [9.17, 15) is 5.11 Å². The normalized spacial score (nSPS) is 12.3. The summed E-state index contributed by atoms with van der Waals surface area (Å²) in [5.74, 6) is 0.783. The second kappa shape index (κ2) is 5.54. The first-order valence-electron chi connectivity index (χ1n) is 6.86. The van der Waals surface area contributed by atoms with Crippen molar-refractivity contribution in [1.29, 1.82) is 0 Å².